The van der Waals surface area contributed by atoms with E-state index in [-0.39, 0.29) is 11.2 Å². The third kappa shape index (κ3) is 1.54. The summed E-state index contributed by atoms with van der Waals surface area (Å²) in [5.41, 5.74) is -1.38. The number of hydrogen-bond donors (Lipinski definition) is 1. The summed E-state index contributed by atoms with van der Waals surface area (Å²) in [7, 11) is 0. The Bertz CT molecular complexity index is 491. The van der Waals surface area contributed by atoms with Crippen LogP contribution in [0.1, 0.15) is 11.3 Å². The summed E-state index contributed by atoms with van der Waals surface area (Å²) >= 11 is 0. The molecule has 0 bridgehead atoms. The van der Waals surface area contributed by atoms with Crippen LogP contribution in [0.25, 0.3) is 5.65 Å². The monoisotopic (exact) mass is 217 g/mol. The molecule has 4 nitrogen and oxygen atoms in total. The molecule has 0 aliphatic heterocycles. The van der Waals surface area contributed by atoms with Gasteiger partial charge in [0.1, 0.15) is 0 Å². The molecule has 0 amide bonds. The van der Waals surface area contributed by atoms with Crippen LogP contribution in [-0.2, 0) is 12.8 Å². The Hall–Kier alpha value is -1.63. The van der Waals surface area contributed by atoms with Gasteiger partial charge in [0.2, 0.25) is 0 Å². The van der Waals surface area contributed by atoms with E-state index in [1.54, 1.807) is 0 Å². The third-order valence-electron chi connectivity index (χ3n) is 1.92. The average molecular weight is 217 g/mol. The number of fused-ring (bicyclic) bond motifs is 1. The minimum atomic E-state index is -4.58. The molecule has 15 heavy (non-hydrogen) atoms. The maximum atomic E-state index is 12.5. The molecular formula is C8H6F3N3O. The highest BCUT2D eigenvalue weighted by atomic mass is 19.4. The summed E-state index contributed by atoms with van der Waals surface area (Å²) in [6, 6.07) is 1.46. The van der Waals surface area contributed by atoms with Crippen molar-refractivity contribution in [1.82, 2.24) is 14.6 Å². The summed E-state index contributed by atoms with van der Waals surface area (Å²) in [6.07, 6.45) is -1.89. The van der Waals surface area contributed by atoms with Crippen molar-refractivity contribution in [1.29, 1.82) is 0 Å². The van der Waals surface area contributed by atoms with Gasteiger partial charge < -0.3 is 5.11 Å². The van der Waals surface area contributed by atoms with E-state index in [1.165, 1.54) is 18.5 Å². The van der Waals surface area contributed by atoms with Crippen molar-refractivity contribution in [3.8, 4) is 0 Å². The molecule has 2 heterocycles. The SMILES string of the molecule is OCc1c(C(F)(F)F)nn2cccnc12. The molecule has 0 saturated carbocycles. The van der Waals surface area contributed by atoms with Crippen molar-refractivity contribution in [3.05, 3.63) is 29.7 Å². The van der Waals surface area contributed by atoms with Gasteiger partial charge in [-0.1, -0.05) is 0 Å². The first-order chi connectivity index (χ1) is 7.04. The first-order valence-corrected chi connectivity index (χ1v) is 4.04. The Labute approximate surface area is 82.0 Å². The largest absolute Gasteiger partial charge is 0.435 e. The molecule has 0 unspecified atom stereocenters. The van der Waals surface area contributed by atoms with E-state index in [0.717, 1.165) is 4.52 Å². The number of aromatic nitrogens is 3. The third-order valence-corrected chi connectivity index (χ3v) is 1.92. The summed E-state index contributed by atoms with van der Waals surface area (Å²) in [5.74, 6) is 0. The molecule has 0 aliphatic rings. The van der Waals surface area contributed by atoms with Crippen molar-refractivity contribution in [2.45, 2.75) is 12.8 Å². The van der Waals surface area contributed by atoms with Crippen molar-refractivity contribution < 1.29 is 18.3 Å². The lowest BCUT2D eigenvalue weighted by molar-refractivity contribution is -0.142. The van der Waals surface area contributed by atoms with Gasteiger partial charge >= 0.3 is 6.18 Å². The summed E-state index contributed by atoms with van der Waals surface area (Å²) in [4.78, 5) is 3.73. The standard InChI is InChI=1S/C8H6F3N3O/c9-8(10,11)6-5(4-15)7-12-2-1-3-14(7)13-6/h1-3,15H,4H2. The van der Waals surface area contributed by atoms with Crippen LogP contribution in [0.5, 0.6) is 0 Å². The smallest absolute Gasteiger partial charge is 0.391 e. The Morgan fingerprint density at radius 1 is 1.40 bits per heavy atom. The lowest BCUT2D eigenvalue weighted by atomic mass is 10.2. The molecule has 2 aromatic rings. The lowest BCUT2D eigenvalue weighted by Gasteiger charge is -2.02. The van der Waals surface area contributed by atoms with Crippen LogP contribution in [0.2, 0.25) is 0 Å². The molecule has 2 aromatic heterocycles. The second kappa shape index (κ2) is 3.20. The zero-order chi connectivity index (χ0) is 11.1. The quantitative estimate of drug-likeness (QED) is 0.781. The highest BCUT2D eigenvalue weighted by molar-refractivity contribution is 5.50. The number of nitrogens with zero attached hydrogens (tertiary/aromatic N) is 3. The summed E-state index contributed by atoms with van der Waals surface area (Å²) in [6.45, 7) is -0.741. The Kier molecular flexibility index (Phi) is 2.11. The molecule has 0 saturated heterocycles. The molecule has 0 radical (unpaired) electrons. The topological polar surface area (TPSA) is 50.4 Å². The first kappa shape index (κ1) is 9.91. The van der Waals surface area contributed by atoms with E-state index in [1.807, 2.05) is 0 Å². The Morgan fingerprint density at radius 2 is 2.13 bits per heavy atom. The number of alkyl halides is 3. The van der Waals surface area contributed by atoms with Crippen LogP contribution in [0.4, 0.5) is 13.2 Å². The van der Waals surface area contributed by atoms with Gasteiger partial charge in [-0.25, -0.2) is 9.50 Å². The predicted octanol–water partition coefficient (Wildman–Crippen LogP) is 1.24. The van der Waals surface area contributed by atoms with Gasteiger partial charge in [-0.3, -0.25) is 0 Å². The van der Waals surface area contributed by atoms with Crippen molar-refractivity contribution >= 4 is 5.65 Å². The highest BCUT2D eigenvalue weighted by Crippen LogP contribution is 2.32. The fraction of sp³-hybridized carbons (Fsp3) is 0.250. The van der Waals surface area contributed by atoms with Gasteiger partial charge in [0.25, 0.3) is 0 Å². The van der Waals surface area contributed by atoms with Gasteiger partial charge in [0.15, 0.2) is 11.3 Å². The normalized spacial score (nSPS) is 12.3. The van der Waals surface area contributed by atoms with Gasteiger partial charge in [0, 0.05) is 12.4 Å². The van der Waals surface area contributed by atoms with Gasteiger partial charge in [0.05, 0.1) is 12.2 Å². The number of hydrogen-bond acceptors (Lipinski definition) is 3. The van der Waals surface area contributed by atoms with Crippen LogP contribution < -0.4 is 0 Å². The zero-order valence-electron chi connectivity index (χ0n) is 7.36. The summed E-state index contributed by atoms with van der Waals surface area (Å²) < 4.78 is 38.4. The second-order valence-electron chi connectivity index (χ2n) is 2.87. The predicted molar refractivity (Wildman–Crippen MR) is 43.9 cm³/mol. The van der Waals surface area contributed by atoms with Gasteiger partial charge in [-0.15, -0.1) is 0 Å². The first-order valence-electron chi connectivity index (χ1n) is 4.04. The molecule has 0 atom stereocenters. The van der Waals surface area contributed by atoms with Gasteiger partial charge in [-0.05, 0) is 6.07 Å². The Balaban J connectivity index is 2.75. The Morgan fingerprint density at radius 3 is 2.73 bits per heavy atom. The molecule has 0 aliphatic carbocycles. The molecule has 0 fully saturated rings. The average Bonchev–Trinajstić information content (AvgIpc) is 2.55. The van der Waals surface area contributed by atoms with Crippen molar-refractivity contribution in [3.63, 3.8) is 0 Å². The minimum Gasteiger partial charge on any atom is -0.391 e. The van der Waals surface area contributed by atoms with E-state index in [2.05, 4.69) is 10.1 Å². The molecule has 80 valence electrons. The van der Waals surface area contributed by atoms with Crippen LogP contribution in [0, 0.1) is 0 Å². The van der Waals surface area contributed by atoms with Crippen molar-refractivity contribution in [2.24, 2.45) is 0 Å². The fourth-order valence-corrected chi connectivity index (χ4v) is 1.31. The molecular weight excluding hydrogens is 211 g/mol. The number of aliphatic hydroxyl groups excluding tert-OH is 1. The van der Waals surface area contributed by atoms with Gasteiger partial charge in [-0.2, -0.15) is 18.3 Å². The highest BCUT2D eigenvalue weighted by Gasteiger charge is 2.38. The van der Waals surface area contributed by atoms with E-state index < -0.39 is 18.5 Å². The number of rotatable bonds is 1. The van der Waals surface area contributed by atoms with Crippen LogP contribution >= 0.6 is 0 Å². The van der Waals surface area contributed by atoms with Crippen LogP contribution in [0.3, 0.4) is 0 Å². The zero-order valence-corrected chi connectivity index (χ0v) is 7.36. The van der Waals surface area contributed by atoms with Crippen LogP contribution in [0.15, 0.2) is 18.5 Å². The fourth-order valence-electron chi connectivity index (χ4n) is 1.31. The van der Waals surface area contributed by atoms with E-state index in [4.69, 9.17) is 5.11 Å². The maximum Gasteiger partial charge on any atom is 0.435 e. The van der Waals surface area contributed by atoms with Crippen LogP contribution in [-0.4, -0.2) is 19.7 Å². The molecule has 0 spiro atoms. The lowest BCUT2D eigenvalue weighted by Crippen LogP contribution is -2.09. The molecule has 0 aromatic carbocycles. The molecule has 2 rings (SSSR count). The maximum absolute atomic E-state index is 12.5. The van der Waals surface area contributed by atoms with E-state index in [9.17, 15) is 13.2 Å². The number of aliphatic hydroxyl groups is 1. The van der Waals surface area contributed by atoms with E-state index >= 15 is 0 Å². The minimum absolute atomic E-state index is 0.0207. The summed E-state index contributed by atoms with van der Waals surface area (Å²) in [5, 5.41) is 12.2. The van der Waals surface area contributed by atoms with Crippen molar-refractivity contribution in [2.75, 3.05) is 0 Å². The van der Waals surface area contributed by atoms with E-state index in [0.29, 0.717) is 0 Å². The second-order valence-corrected chi connectivity index (χ2v) is 2.87. The molecule has 7 heteroatoms. The molecule has 1 N–H and O–H groups in total. The number of halogens is 3.